The number of nitrogen functional groups attached to an aromatic ring is 1. The van der Waals surface area contributed by atoms with Gasteiger partial charge in [-0.1, -0.05) is 12.1 Å². The molecule has 1 aromatic carbocycles. The molecule has 5 rings (SSSR count). The van der Waals surface area contributed by atoms with Gasteiger partial charge in [0, 0.05) is 55.6 Å². The Morgan fingerprint density at radius 2 is 1.97 bits per heavy atom. The molecule has 1 unspecified atom stereocenters. The van der Waals surface area contributed by atoms with Crippen molar-refractivity contribution in [2.24, 2.45) is 4.99 Å². The predicted molar refractivity (Wildman–Crippen MR) is 132 cm³/mol. The van der Waals surface area contributed by atoms with Gasteiger partial charge in [0.05, 0.1) is 12.9 Å². The Balaban J connectivity index is 1.24. The van der Waals surface area contributed by atoms with Gasteiger partial charge in [-0.15, -0.1) is 0 Å². The number of nitrogens with two attached hydrogens (primary N) is 1. The average molecular weight is 496 g/mol. The summed E-state index contributed by atoms with van der Waals surface area (Å²) in [5.41, 5.74) is 10.5. The van der Waals surface area contributed by atoms with Gasteiger partial charge in [0.15, 0.2) is 0 Å². The summed E-state index contributed by atoms with van der Waals surface area (Å²) < 4.78 is 27.0. The van der Waals surface area contributed by atoms with Crippen molar-refractivity contribution in [1.29, 1.82) is 0 Å². The van der Waals surface area contributed by atoms with Gasteiger partial charge < -0.3 is 21.4 Å². The van der Waals surface area contributed by atoms with Gasteiger partial charge in [-0.3, -0.25) is 4.79 Å². The van der Waals surface area contributed by atoms with Crippen LogP contribution in [0.3, 0.4) is 0 Å². The van der Waals surface area contributed by atoms with Crippen LogP contribution in [0.25, 0.3) is 10.8 Å². The maximum atomic E-state index is 13.5. The molecule has 1 saturated heterocycles. The van der Waals surface area contributed by atoms with E-state index in [1.54, 1.807) is 30.5 Å². The molecular weight excluding hydrogens is 468 g/mol. The van der Waals surface area contributed by atoms with Crippen molar-refractivity contribution in [3.63, 3.8) is 0 Å². The van der Waals surface area contributed by atoms with E-state index in [4.69, 9.17) is 5.73 Å². The highest BCUT2D eigenvalue weighted by molar-refractivity contribution is 5.94. The lowest BCUT2D eigenvalue weighted by Gasteiger charge is -2.31. The summed E-state index contributed by atoms with van der Waals surface area (Å²) in [4.78, 5) is 31.7. The van der Waals surface area contributed by atoms with Gasteiger partial charge >= 0.3 is 0 Å². The molecule has 12 heteroatoms. The number of fused-ring (bicyclic) bond motifs is 1. The molecule has 0 aliphatic carbocycles. The van der Waals surface area contributed by atoms with Gasteiger partial charge in [-0.25, -0.2) is 28.7 Å². The summed E-state index contributed by atoms with van der Waals surface area (Å²) in [6, 6.07) is 5.74. The van der Waals surface area contributed by atoms with E-state index in [-0.39, 0.29) is 37.9 Å². The number of halogens is 2. The highest BCUT2D eigenvalue weighted by Gasteiger charge is 2.42. The zero-order valence-electron chi connectivity index (χ0n) is 20.0. The van der Waals surface area contributed by atoms with Crippen molar-refractivity contribution in [3.8, 4) is 0 Å². The second kappa shape index (κ2) is 8.94. The fourth-order valence-corrected chi connectivity index (χ4v) is 4.49. The van der Waals surface area contributed by atoms with Gasteiger partial charge in [0.1, 0.15) is 5.82 Å². The molecule has 4 heterocycles. The number of carbonyl (C=O) groups is 1. The van der Waals surface area contributed by atoms with Crippen LogP contribution >= 0.6 is 0 Å². The number of nitrogens with one attached hydrogen (secondary N) is 2. The summed E-state index contributed by atoms with van der Waals surface area (Å²) in [6.07, 6.45) is 6.09. The van der Waals surface area contributed by atoms with Crippen LogP contribution < -0.4 is 21.4 Å². The molecule has 4 N–H and O–H groups in total. The summed E-state index contributed by atoms with van der Waals surface area (Å²) in [6.45, 7) is 4.13. The van der Waals surface area contributed by atoms with E-state index >= 15 is 0 Å². The van der Waals surface area contributed by atoms with Crippen molar-refractivity contribution >= 4 is 34.8 Å². The summed E-state index contributed by atoms with van der Waals surface area (Å²) in [5.74, 6) is -2.26. The van der Waals surface area contributed by atoms with Crippen molar-refractivity contribution in [3.05, 3.63) is 53.5 Å². The van der Waals surface area contributed by atoms with Crippen LogP contribution in [0.2, 0.25) is 0 Å². The molecule has 2 aromatic heterocycles. The molecule has 0 spiro atoms. The number of amides is 1. The SMILES string of the molecule is Cc1c(CNC(=O)C2(C)N=CNN2Cc2cnc(N3CCC(F)(F)C3)nc2)ccc2c(N)nccc12. The normalized spacial score (nSPS) is 21.2. The summed E-state index contributed by atoms with van der Waals surface area (Å²) >= 11 is 0. The third-order valence-corrected chi connectivity index (χ3v) is 6.77. The number of pyridine rings is 1. The Morgan fingerprint density at radius 3 is 2.69 bits per heavy atom. The maximum Gasteiger partial charge on any atom is 0.267 e. The van der Waals surface area contributed by atoms with Crippen LogP contribution in [0.15, 0.2) is 41.8 Å². The number of nitrogens with zero attached hydrogens (tertiary/aromatic N) is 6. The molecule has 3 aromatic rings. The van der Waals surface area contributed by atoms with Crippen molar-refractivity contribution in [1.82, 2.24) is 30.7 Å². The van der Waals surface area contributed by atoms with Crippen LogP contribution in [0.1, 0.15) is 30.0 Å². The van der Waals surface area contributed by atoms with Gasteiger partial charge in [0.25, 0.3) is 11.8 Å². The quantitative estimate of drug-likeness (QED) is 0.475. The molecule has 1 amide bonds. The second-order valence-corrected chi connectivity index (χ2v) is 9.24. The standard InChI is InChI=1S/C24H27F2N9O/c1-15-17(3-4-19-18(15)5-7-28-20(19)27)11-29-21(36)23(2)32-14-33-35(23)12-16-9-30-22(31-10-16)34-8-6-24(25,26)13-34/h3-5,7,9-10,14H,6,8,11-13H2,1-2H3,(H2,27,28)(H,29,36)(H,32,33). The lowest BCUT2D eigenvalue weighted by molar-refractivity contribution is -0.133. The first-order valence-electron chi connectivity index (χ1n) is 11.6. The monoisotopic (exact) mass is 495 g/mol. The van der Waals surface area contributed by atoms with Crippen molar-refractivity contribution in [2.45, 2.75) is 44.9 Å². The van der Waals surface area contributed by atoms with Crippen LogP contribution in [-0.4, -0.2) is 56.9 Å². The Kier molecular flexibility index (Phi) is 5.91. The highest BCUT2D eigenvalue weighted by atomic mass is 19.3. The topological polar surface area (TPSA) is 125 Å². The predicted octanol–water partition coefficient (Wildman–Crippen LogP) is 2.14. The van der Waals surface area contributed by atoms with Crippen LogP contribution in [0.4, 0.5) is 20.5 Å². The number of rotatable bonds is 6. The van der Waals surface area contributed by atoms with E-state index in [0.717, 1.165) is 21.9 Å². The lowest BCUT2D eigenvalue weighted by atomic mass is 10.0. The number of hydrogen-bond acceptors (Lipinski definition) is 9. The maximum absolute atomic E-state index is 13.5. The third-order valence-electron chi connectivity index (χ3n) is 6.77. The molecule has 36 heavy (non-hydrogen) atoms. The number of aryl methyl sites for hydroxylation is 1. The first-order chi connectivity index (χ1) is 17.2. The Bertz CT molecular complexity index is 1330. The zero-order chi connectivity index (χ0) is 25.5. The molecular formula is C24H27F2N9O. The Labute approximate surface area is 206 Å². The molecule has 188 valence electrons. The number of aromatic nitrogens is 3. The third kappa shape index (κ3) is 4.39. The van der Waals surface area contributed by atoms with Crippen LogP contribution in [0.5, 0.6) is 0 Å². The molecule has 1 atom stereocenters. The second-order valence-electron chi connectivity index (χ2n) is 9.24. The minimum absolute atomic E-state index is 0.204. The lowest BCUT2D eigenvalue weighted by Crippen LogP contribution is -2.55. The van der Waals surface area contributed by atoms with Crippen LogP contribution in [0, 0.1) is 6.92 Å². The van der Waals surface area contributed by atoms with Crippen molar-refractivity contribution in [2.75, 3.05) is 23.7 Å². The number of anilines is 2. The molecule has 2 aliphatic heterocycles. The fourth-order valence-electron chi connectivity index (χ4n) is 4.49. The molecule has 0 saturated carbocycles. The number of alkyl halides is 2. The van der Waals surface area contributed by atoms with Gasteiger partial charge in [0.2, 0.25) is 11.6 Å². The minimum atomic E-state index is -2.72. The van der Waals surface area contributed by atoms with E-state index in [1.165, 1.54) is 11.2 Å². The Hall–Kier alpha value is -3.93. The van der Waals surface area contributed by atoms with Crippen molar-refractivity contribution < 1.29 is 13.6 Å². The summed E-state index contributed by atoms with van der Waals surface area (Å²) in [7, 11) is 0. The molecule has 2 aliphatic rings. The van der Waals surface area contributed by atoms with Gasteiger partial charge in [-0.05, 0) is 36.4 Å². The van der Waals surface area contributed by atoms with Crippen LogP contribution in [-0.2, 0) is 17.9 Å². The molecule has 0 bridgehead atoms. The number of aliphatic imine (C=N–C) groups is 1. The Morgan fingerprint density at radius 1 is 1.19 bits per heavy atom. The first kappa shape index (κ1) is 23.8. The first-order valence-corrected chi connectivity index (χ1v) is 11.6. The number of benzene rings is 1. The smallest absolute Gasteiger partial charge is 0.267 e. The molecule has 10 nitrogen and oxygen atoms in total. The van der Waals surface area contributed by atoms with E-state index in [1.807, 2.05) is 25.1 Å². The fraction of sp³-hybridized carbons (Fsp3) is 0.375. The molecule has 0 radical (unpaired) electrons. The summed E-state index contributed by atoms with van der Waals surface area (Å²) in [5, 5.41) is 6.52. The van der Waals surface area contributed by atoms with E-state index in [0.29, 0.717) is 17.9 Å². The zero-order valence-corrected chi connectivity index (χ0v) is 20.0. The highest BCUT2D eigenvalue weighted by Crippen LogP contribution is 2.29. The largest absolute Gasteiger partial charge is 0.383 e. The molecule has 1 fully saturated rings. The van der Waals surface area contributed by atoms with Gasteiger partial charge in [-0.2, -0.15) is 5.01 Å². The number of hydrogen-bond donors (Lipinski definition) is 3. The number of carbonyl (C=O) groups excluding carboxylic acids is 1. The van der Waals surface area contributed by atoms with E-state index in [9.17, 15) is 13.6 Å². The average Bonchev–Trinajstić information content (AvgIpc) is 3.41. The minimum Gasteiger partial charge on any atom is -0.383 e. The number of hydrazine groups is 1. The van der Waals surface area contributed by atoms with E-state index in [2.05, 4.69) is 30.7 Å². The van der Waals surface area contributed by atoms with E-state index < -0.39 is 11.6 Å².